The number of cyclic esters (lactones) is 2. The molecule has 2 aliphatic rings. The van der Waals surface area contributed by atoms with Crippen molar-refractivity contribution in [3.05, 3.63) is 108 Å². The van der Waals surface area contributed by atoms with Crippen LogP contribution in [-0.4, -0.2) is 35.3 Å². The Morgan fingerprint density at radius 2 is 1.37 bits per heavy atom. The number of hydrazone groups is 2. The zero-order valence-corrected chi connectivity index (χ0v) is 20.2. The van der Waals surface area contributed by atoms with Crippen molar-refractivity contribution in [3.8, 4) is 12.1 Å². The van der Waals surface area contributed by atoms with Crippen LogP contribution in [0.3, 0.4) is 0 Å². The van der Waals surface area contributed by atoms with E-state index < -0.39 is 29.8 Å². The lowest BCUT2D eigenvalue weighted by atomic mass is 9.89. The maximum atomic E-state index is 11.6. The molecule has 0 aliphatic carbocycles. The smallest absolute Gasteiger partial charge is 0.429 e. The maximum Gasteiger partial charge on any atom is 0.429 e. The van der Waals surface area contributed by atoms with Gasteiger partial charge in [0, 0.05) is 11.1 Å². The first kappa shape index (κ1) is 25.6. The summed E-state index contributed by atoms with van der Waals surface area (Å²) in [4.78, 5) is 22.6. The second-order valence-corrected chi connectivity index (χ2v) is 8.29. The predicted molar refractivity (Wildman–Crippen MR) is 138 cm³/mol. The van der Waals surface area contributed by atoms with Gasteiger partial charge in [-0.3, -0.25) is 0 Å². The van der Waals surface area contributed by atoms with Crippen LogP contribution in [-0.2, 0) is 9.47 Å². The first-order chi connectivity index (χ1) is 18.4. The largest absolute Gasteiger partial charge is 0.437 e. The third-order valence-corrected chi connectivity index (χ3v) is 5.71. The third kappa shape index (κ3) is 5.66. The molecule has 0 bridgehead atoms. The highest BCUT2D eigenvalue weighted by Gasteiger charge is 2.39. The number of nitrogens with zero attached hydrogens (tertiary/aromatic N) is 4. The fourth-order valence-corrected chi connectivity index (χ4v) is 3.88. The predicted octanol–water partition coefficient (Wildman–Crippen LogP) is 4.22. The quantitative estimate of drug-likeness (QED) is 0.541. The molecule has 0 aromatic heterocycles. The van der Waals surface area contributed by atoms with E-state index in [1.54, 1.807) is 12.1 Å². The average Bonchev–Trinajstić information content (AvgIpc) is 2.95. The van der Waals surface area contributed by atoms with Gasteiger partial charge in [-0.15, -0.1) is 0 Å². The molecule has 2 aliphatic heterocycles. The molecule has 5 rings (SSSR count). The average molecular weight is 507 g/mol. The Bertz CT molecular complexity index is 1450. The number of hydrogen-bond donors (Lipinski definition) is 2. The highest BCUT2D eigenvalue weighted by molar-refractivity contribution is 6.10. The van der Waals surface area contributed by atoms with Crippen molar-refractivity contribution in [2.45, 2.75) is 24.5 Å². The van der Waals surface area contributed by atoms with Crippen LogP contribution < -0.4 is 10.9 Å². The van der Waals surface area contributed by atoms with E-state index in [9.17, 15) is 14.9 Å². The Labute approximate surface area is 218 Å². The van der Waals surface area contributed by atoms with Crippen LogP contribution in [0.2, 0.25) is 0 Å². The van der Waals surface area contributed by atoms with Gasteiger partial charge in [-0.25, -0.2) is 20.4 Å². The molecule has 0 saturated heterocycles. The Morgan fingerprint density at radius 3 is 1.95 bits per heavy atom. The molecule has 3 atom stereocenters. The fraction of sp³-hybridized carbons (Fsp3) is 0.143. The van der Waals surface area contributed by atoms with Gasteiger partial charge in [0.25, 0.3) is 0 Å². The number of nitriles is 2. The number of carbonyl (C=O) groups is 2. The maximum absolute atomic E-state index is 11.6. The van der Waals surface area contributed by atoms with Gasteiger partial charge in [0.15, 0.2) is 6.10 Å². The van der Waals surface area contributed by atoms with Gasteiger partial charge >= 0.3 is 12.2 Å². The van der Waals surface area contributed by atoms with E-state index in [2.05, 4.69) is 27.1 Å². The molecular formula is C28H22N6O4. The van der Waals surface area contributed by atoms with Crippen LogP contribution in [0.15, 0.2) is 101 Å². The van der Waals surface area contributed by atoms with E-state index in [4.69, 9.17) is 14.7 Å². The number of amides is 2. The summed E-state index contributed by atoms with van der Waals surface area (Å²) in [6.07, 6.45) is -2.12. The number of ether oxygens (including phenoxy) is 2. The van der Waals surface area contributed by atoms with Gasteiger partial charge in [0.1, 0.15) is 23.4 Å². The fourth-order valence-electron chi connectivity index (χ4n) is 3.88. The van der Waals surface area contributed by atoms with Crippen molar-refractivity contribution in [3.63, 3.8) is 0 Å². The van der Waals surface area contributed by atoms with Gasteiger partial charge < -0.3 is 9.47 Å². The molecule has 10 nitrogen and oxygen atoms in total. The van der Waals surface area contributed by atoms with E-state index in [0.29, 0.717) is 11.4 Å². The molecule has 0 spiro atoms. The molecule has 0 saturated carbocycles. The number of nitrogens with one attached hydrogen (secondary N) is 2. The summed E-state index contributed by atoms with van der Waals surface area (Å²) in [5.74, 6) is -0.619. The first-order valence-electron chi connectivity index (χ1n) is 11.5. The molecular weight excluding hydrogens is 484 g/mol. The standard InChI is InChI=1S/C17H13N3O2.C11H9N3O2/c18-11-14(12-7-3-1-4-8-12)16-15(19-20-17(21)22-16)13-9-5-2-6-10-13;1-11(7-12)9(13-14-10(15)16-11)8-5-3-2-4-6-8/h1-10,14,16H,(H,20,21);2-6H,1H3,(H,14,15). The highest BCUT2D eigenvalue weighted by Crippen LogP contribution is 2.26. The minimum absolute atomic E-state index is 0.398. The zero-order valence-electron chi connectivity index (χ0n) is 20.2. The molecule has 3 aromatic carbocycles. The molecule has 0 fully saturated rings. The van der Waals surface area contributed by atoms with Gasteiger partial charge in [-0.1, -0.05) is 91.0 Å². The lowest BCUT2D eigenvalue weighted by Crippen LogP contribution is -2.47. The van der Waals surface area contributed by atoms with Crippen molar-refractivity contribution in [1.82, 2.24) is 10.9 Å². The molecule has 188 valence electrons. The Hall–Kier alpha value is -5.48. The molecule has 2 N–H and O–H groups in total. The van der Waals surface area contributed by atoms with Crippen molar-refractivity contribution < 1.29 is 19.1 Å². The second-order valence-electron chi connectivity index (χ2n) is 8.29. The summed E-state index contributed by atoms with van der Waals surface area (Å²) < 4.78 is 10.3. The summed E-state index contributed by atoms with van der Waals surface area (Å²) in [5, 5.41) is 26.6. The number of carbonyl (C=O) groups excluding carboxylic acids is 2. The van der Waals surface area contributed by atoms with Crippen LogP contribution >= 0.6 is 0 Å². The number of benzene rings is 3. The normalized spacial score (nSPS) is 20.7. The molecule has 3 unspecified atom stereocenters. The van der Waals surface area contributed by atoms with E-state index in [1.165, 1.54) is 6.92 Å². The van der Waals surface area contributed by atoms with Gasteiger partial charge in [0.05, 0.1) is 6.07 Å². The third-order valence-electron chi connectivity index (χ3n) is 5.71. The summed E-state index contributed by atoms with van der Waals surface area (Å²) >= 11 is 0. The van der Waals surface area contributed by atoms with Crippen molar-refractivity contribution in [2.24, 2.45) is 10.2 Å². The van der Waals surface area contributed by atoms with Crippen molar-refractivity contribution >= 4 is 23.6 Å². The Kier molecular flexibility index (Phi) is 7.75. The second kappa shape index (κ2) is 11.5. The lowest BCUT2D eigenvalue weighted by molar-refractivity contribution is 0.0965. The summed E-state index contributed by atoms with van der Waals surface area (Å²) in [6.45, 7) is 1.51. The summed E-state index contributed by atoms with van der Waals surface area (Å²) in [7, 11) is 0. The summed E-state index contributed by atoms with van der Waals surface area (Å²) in [6, 6.07) is 31.9. The number of hydrogen-bond acceptors (Lipinski definition) is 8. The van der Waals surface area contributed by atoms with Crippen LogP contribution in [0.25, 0.3) is 0 Å². The first-order valence-corrected chi connectivity index (χ1v) is 11.5. The van der Waals surface area contributed by atoms with Gasteiger partial charge in [-0.2, -0.15) is 20.7 Å². The van der Waals surface area contributed by atoms with Crippen LogP contribution in [0.4, 0.5) is 9.59 Å². The van der Waals surface area contributed by atoms with Crippen molar-refractivity contribution in [2.75, 3.05) is 0 Å². The highest BCUT2D eigenvalue weighted by atomic mass is 16.6. The van der Waals surface area contributed by atoms with E-state index in [0.717, 1.165) is 16.7 Å². The van der Waals surface area contributed by atoms with Gasteiger partial charge in [-0.05, 0) is 12.5 Å². The number of rotatable bonds is 4. The van der Waals surface area contributed by atoms with Crippen LogP contribution in [0, 0.1) is 22.7 Å². The molecule has 10 heteroatoms. The van der Waals surface area contributed by atoms with E-state index in [1.807, 2.05) is 84.9 Å². The lowest BCUT2D eigenvalue weighted by Gasteiger charge is -2.27. The molecule has 2 amide bonds. The topological polar surface area (TPSA) is 149 Å². The molecule has 3 aromatic rings. The Morgan fingerprint density at radius 1 is 0.816 bits per heavy atom. The molecule has 0 radical (unpaired) electrons. The summed E-state index contributed by atoms with van der Waals surface area (Å²) in [5.41, 5.74) is 6.43. The monoisotopic (exact) mass is 506 g/mol. The van der Waals surface area contributed by atoms with Crippen molar-refractivity contribution in [1.29, 1.82) is 10.5 Å². The van der Waals surface area contributed by atoms with Crippen LogP contribution in [0.5, 0.6) is 0 Å². The minimum Gasteiger partial charge on any atom is -0.437 e. The minimum atomic E-state index is -1.34. The van der Waals surface area contributed by atoms with E-state index >= 15 is 0 Å². The Balaban J connectivity index is 0.000000186. The molecule has 2 heterocycles. The molecule has 38 heavy (non-hydrogen) atoms. The van der Waals surface area contributed by atoms with E-state index in [-0.39, 0.29) is 0 Å². The SMILES string of the molecule is CC1(C#N)OC(=O)NN=C1c1ccccc1.N#CC(c1ccccc1)C1OC(=O)NN=C1c1ccccc1. The zero-order chi connectivity index (χ0) is 27.0. The van der Waals surface area contributed by atoms with Gasteiger partial charge in [0.2, 0.25) is 5.60 Å². The van der Waals surface area contributed by atoms with Crippen LogP contribution in [0.1, 0.15) is 29.5 Å².